The summed E-state index contributed by atoms with van der Waals surface area (Å²) in [5, 5.41) is 0.495. The summed E-state index contributed by atoms with van der Waals surface area (Å²) >= 11 is 1.31. The largest absolute Gasteiger partial charge is 0.301 e. The molecule has 1 aromatic heterocycles. The third-order valence-electron chi connectivity index (χ3n) is 3.80. The summed E-state index contributed by atoms with van der Waals surface area (Å²) in [7, 11) is 0. The van der Waals surface area contributed by atoms with Gasteiger partial charge in [-0.15, -0.1) is 0 Å². The Morgan fingerprint density at radius 2 is 1.70 bits per heavy atom. The molecular formula is C16H15N3O3S. The van der Waals surface area contributed by atoms with Crippen LogP contribution in [0.25, 0.3) is 0 Å². The number of thioether (sulfide) groups is 1. The van der Waals surface area contributed by atoms with Crippen molar-refractivity contribution in [1.82, 2.24) is 14.9 Å². The molecule has 1 aliphatic rings. The van der Waals surface area contributed by atoms with Gasteiger partial charge in [0.2, 0.25) is 0 Å². The molecule has 0 atom stereocenters. The average molecular weight is 329 g/mol. The van der Waals surface area contributed by atoms with Crippen molar-refractivity contribution in [2.75, 3.05) is 12.3 Å². The lowest BCUT2D eigenvalue weighted by Gasteiger charge is -2.13. The van der Waals surface area contributed by atoms with Crippen molar-refractivity contribution in [2.24, 2.45) is 0 Å². The number of carbonyl (C=O) groups excluding carboxylic acids is 2. The molecule has 7 heteroatoms. The molecule has 0 saturated heterocycles. The zero-order valence-electron chi connectivity index (χ0n) is 12.8. The Morgan fingerprint density at radius 3 is 2.26 bits per heavy atom. The lowest BCUT2D eigenvalue weighted by molar-refractivity contribution is 0.0664. The molecule has 0 bridgehead atoms. The molecule has 118 valence electrons. The van der Waals surface area contributed by atoms with Gasteiger partial charge in [-0.2, -0.15) is 0 Å². The number of fused-ring (bicyclic) bond motifs is 1. The van der Waals surface area contributed by atoms with Crippen molar-refractivity contribution in [2.45, 2.75) is 19.0 Å². The van der Waals surface area contributed by atoms with E-state index in [0.717, 1.165) is 0 Å². The van der Waals surface area contributed by atoms with Gasteiger partial charge < -0.3 is 4.98 Å². The molecule has 1 aliphatic heterocycles. The molecule has 23 heavy (non-hydrogen) atoms. The number of aromatic amines is 1. The van der Waals surface area contributed by atoms with Crippen LogP contribution < -0.4 is 5.56 Å². The molecule has 0 spiro atoms. The second-order valence-corrected chi connectivity index (χ2v) is 6.32. The SMILES string of the molecule is Cc1nc(SCCN2C(=O)c3ccccc3C2=O)[nH]c(=O)c1C. The Balaban J connectivity index is 1.68. The lowest BCUT2D eigenvalue weighted by atomic mass is 10.1. The van der Waals surface area contributed by atoms with Gasteiger partial charge >= 0.3 is 0 Å². The molecule has 2 aromatic rings. The number of H-pyrrole nitrogens is 1. The number of hydrogen-bond acceptors (Lipinski definition) is 5. The van der Waals surface area contributed by atoms with Crippen LogP contribution in [0, 0.1) is 13.8 Å². The van der Waals surface area contributed by atoms with E-state index >= 15 is 0 Å². The summed E-state index contributed by atoms with van der Waals surface area (Å²) in [5.41, 5.74) is 1.99. The topological polar surface area (TPSA) is 83.1 Å². The summed E-state index contributed by atoms with van der Waals surface area (Å²) in [4.78, 5) is 44.4. The molecule has 0 fully saturated rings. The summed E-state index contributed by atoms with van der Waals surface area (Å²) in [6.07, 6.45) is 0. The van der Waals surface area contributed by atoms with Crippen molar-refractivity contribution in [3.63, 3.8) is 0 Å². The zero-order valence-corrected chi connectivity index (χ0v) is 13.6. The van der Waals surface area contributed by atoms with Gasteiger partial charge in [-0.3, -0.25) is 19.3 Å². The minimum absolute atomic E-state index is 0.166. The first-order valence-corrected chi connectivity index (χ1v) is 8.13. The fourth-order valence-electron chi connectivity index (χ4n) is 2.36. The average Bonchev–Trinajstić information content (AvgIpc) is 2.78. The maximum absolute atomic E-state index is 12.2. The molecule has 2 amide bonds. The molecule has 1 N–H and O–H groups in total. The highest BCUT2D eigenvalue weighted by molar-refractivity contribution is 7.99. The number of hydrogen-bond donors (Lipinski definition) is 1. The molecule has 1 aromatic carbocycles. The fourth-order valence-corrected chi connectivity index (χ4v) is 3.20. The van der Waals surface area contributed by atoms with Gasteiger partial charge in [0.05, 0.1) is 11.1 Å². The highest BCUT2D eigenvalue weighted by Crippen LogP contribution is 2.23. The number of carbonyl (C=O) groups is 2. The smallest absolute Gasteiger partial charge is 0.261 e. The number of nitrogens with zero attached hydrogens (tertiary/aromatic N) is 2. The number of aromatic nitrogens is 2. The third kappa shape index (κ3) is 2.79. The minimum atomic E-state index is -0.271. The number of nitrogens with one attached hydrogen (secondary N) is 1. The molecule has 6 nitrogen and oxygen atoms in total. The van der Waals surface area contributed by atoms with Crippen molar-refractivity contribution in [1.29, 1.82) is 0 Å². The van der Waals surface area contributed by atoms with Crippen molar-refractivity contribution in [3.8, 4) is 0 Å². The van der Waals surface area contributed by atoms with Gasteiger partial charge in [0.25, 0.3) is 17.4 Å². The first kappa shape index (κ1) is 15.5. The van der Waals surface area contributed by atoms with E-state index in [1.807, 2.05) is 0 Å². The standard InChI is InChI=1S/C16H15N3O3S/c1-9-10(2)17-16(18-13(9)20)23-8-7-19-14(21)11-5-3-4-6-12(11)15(19)22/h3-6H,7-8H2,1-2H3,(H,17,18,20). The van der Waals surface area contributed by atoms with Gasteiger partial charge in [-0.05, 0) is 26.0 Å². The highest BCUT2D eigenvalue weighted by atomic mass is 32.2. The Morgan fingerprint density at radius 1 is 1.09 bits per heavy atom. The van der Waals surface area contributed by atoms with E-state index in [0.29, 0.717) is 33.3 Å². The van der Waals surface area contributed by atoms with Crippen LogP contribution in [-0.4, -0.2) is 39.0 Å². The Labute approximate surface area is 136 Å². The lowest BCUT2D eigenvalue weighted by Crippen LogP contribution is -2.31. The van der Waals surface area contributed by atoms with E-state index in [2.05, 4.69) is 9.97 Å². The number of aryl methyl sites for hydroxylation is 1. The van der Waals surface area contributed by atoms with E-state index in [1.165, 1.54) is 16.7 Å². The van der Waals surface area contributed by atoms with Crippen LogP contribution in [0.4, 0.5) is 0 Å². The quantitative estimate of drug-likeness (QED) is 0.525. The van der Waals surface area contributed by atoms with Crippen molar-refractivity contribution >= 4 is 23.6 Å². The van der Waals surface area contributed by atoms with Crippen LogP contribution in [0.5, 0.6) is 0 Å². The van der Waals surface area contributed by atoms with E-state index < -0.39 is 0 Å². The van der Waals surface area contributed by atoms with Gasteiger partial charge in [-0.25, -0.2) is 4.98 Å². The van der Waals surface area contributed by atoms with E-state index in [-0.39, 0.29) is 23.9 Å². The van der Waals surface area contributed by atoms with Gasteiger partial charge in [-0.1, -0.05) is 23.9 Å². The number of rotatable bonds is 4. The molecule has 0 radical (unpaired) electrons. The molecule has 0 unspecified atom stereocenters. The molecule has 2 heterocycles. The monoisotopic (exact) mass is 329 g/mol. The molecule has 0 saturated carbocycles. The second kappa shape index (κ2) is 6.00. The second-order valence-electron chi connectivity index (χ2n) is 5.24. The number of amides is 2. The predicted molar refractivity (Wildman–Crippen MR) is 86.9 cm³/mol. The summed E-state index contributed by atoms with van der Waals surface area (Å²) in [6, 6.07) is 6.80. The Bertz CT molecular complexity index is 825. The molecule has 0 aliphatic carbocycles. The van der Waals surface area contributed by atoms with Crippen LogP contribution in [-0.2, 0) is 0 Å². The van der Waals surface area contributed by atoms with E-state index in [4.69, 9.17) is 0 Å². The van der Waals surface area contributed by atoms with Gasteiger partial charge in [0.15, 0.2) is 5.16 Å². The van der Waals surface area contributed by atoms with Crippen LogP contribution in [0.2, 0.25) is 0 Å². The summed E-state index contributed by atoms with van der Waals surface area (Å²) in [6.45, 7) is 3.76. The van der Waals surface area contributed by atoms with Crippen molar-refractivity contribution in [3.05, 3.63) is 57.0 Å². The maximum atomic E-state index is 12.2. The Hall–Kier alpha value is -2.41. The zero-order chi connectivity index (χ0) is 16.6. The maximum Gasteiger partial charge on any atom is 0.261 e. The van der Waals surface area contributed by atoms with Crippen LogP contribution in [0.15, 0.2) is 34.2 Å². The van der Waals surface area contributed by atoms with Crippen LogP contribution >= 0.6 is 11.8 Å². The van der Waals surface area contributed by atoms with Gasteiger partial charge in [0.1, 0.15) is 0 Å². The van der Waals surface area contributed by atoms with Crippen LogP contribution in [0.3, 0.4) is 0 Å². The number of imide groups is 1. The number of benzene rings is 1. The van der Waals surface area contributed by atoms with Crippen LogP contribution in [0.1, 0.15) is 32.0 Å². The summed E-state index contributed by atoms with van der Waals surface area (Å²) < 4.78 is 0. The molecular weight excluding hydrogens is 314 g/mol. The van der Waals surface area contributed by atoms with Crippen molar-refractivity contribution < 1.29 is 9.59 Å². The molecule has 3 rings (SSSR count). The first-order valence-electron chi connectivity index (χ1n) is 7.14. The third-order valence-corrected chi connectivity index (χ3v) is 4.66. The highest BCUT2D eigenvalue weighted by Gasteiger charge is 2.34. The predicted octanol–water partition coefficient (Wildman–Crippen LogP) is 1.78. The normalized spacial score (nSPS) is 13.6. The summed E-state index contributed by atoms with van der Waals surface area (Å²) in [5.74, 6) is -0.0721. The van der Waals surface area contributed by atoms with E-state index in [9.17, 15) is 14.4 Å². The Kier molecular flexibility index (Phi) is 4.04. The van der Waals surface area contributed by atoms with E-state index in [1.54, 1.807) is 38.1 Å². The van der Waals surface area contributed by atoms with Gasteiger partial charge in [0, 0.05) is 23.6 Å². The minimum Gasteiger partial charge on any atom is -0.301 e. The first-order chi connectivity index (χ1) is 11.0. The fraction of sp³-hybridized carbons (Fsp3) is 0.250.